The van der Waals surface area contributed by atoms with E-state index in [0.29, 0.717) is 19.0 Å². The monoisotopic (exact) mass is 402 g/mol. The van der Waals surface area contributed by atoms with E-state index in [1.54, 1.807) is 18.3 Å². The number of sulfone groups is 1. The molecule has 0 radical (unpaired) electrons. The summed E-state index contributed by atoms with van der Waals surface area (Å²) in [4.78, 5) is 8.41. The van der Waals surface area contributed by atoms with E-state index in [1.165, 1.54) is 4.88 Å². The summed E-state index contributed by atoms with van der Waals surface area (Å²) in [5.74, 6) is 0.944. The highest BCUT2D eigenvalue weighted by Crippen LogP contribution is 2.26. The van der Waals surface area contributed by atoms with Gasteiger partial charge < -0.3 is 15.4 Å². The van der Waals surface area contributed by atoms with Crippen molar-refractivity contribution < 1.29 is 13.2 Å². The maximum absolute atomic E-state index is 11.6. The molecule has 0 spiro atoms. The third kappa shape index (κ3) is 6.86. The summed E-state index contributed by atoms with van der Waals surface area (Å²) < 4.78 is 28.8. The van der Waals surface area contributed by atoms with E-state index in [2.05, 4.69) is 33.0 Å². The van der Waals surface area contributed by atoms with Gasteiger partial charge in [-0.25, -0.2) is 8.42 Å². The summed E-state index contributed by atoms with van der Waals surface area (Å²) in [5, 5.41) is 8.42. The van der Waals surface area contributed by atoms with Crippen LogP contribution in [-0.2, 0) is 14.6 Å². The fourth-order valence-corrected chi connectivity index (χ4v) is 4.30. The van der Waals surface area contributed by atoms with Crippen LogP contribution >= 0.6 is 11.3 Å². The Morgan fingerprint density at radius 3 is 2.73 bits per heavy atom. The van der Waals surface area contributed by atoms with Crippen molar-refractivity contribution in [3.8, 4) is 0 Å². The molecule has 1 aromatic rings. The highest BCUT2D eigenvalue weighted by molar-refractivity contribution is 7.91. The summed E-state index contributed by atoms with van der Waals surface area (Å²) in [6.07, 6.45) is 0. The van der Waals surface area contributed by atoms with Crippen molar-refractivity contribution in [3.63, 3.8) is 0 Å². The van der Waals surface area contributed by atoms with Gasteiger partial charge in [0.05, 0.1) is 31.6 Å². The van der Waals surface area contributed by atoms with Crippen LogP contribution in [0.25, 0.3) is 0 Å². The summed E-state index contributed by atoms with van der Waals surface area (Å²) in [7, 11) is -2.98. The molecule has 0 amide bonds. The first kappa shape index (κ1) is 21.1. The van der Waals surface area contributed by atoms with Gasteiger partial charge in [0.2, 0.25) is 0 Å². The van der Waals surface area contributed by atoms with Crippen molar-refractivity contribution in [2.75, 3.05) is 57.4 Å². The van der Waals surface area contributed by atoms with E-state index >= 15 is 0 Å². The molecular formula is C17H30N4O3S2. The molecule has 1 unspecified atom stereocenters. The van der Waals surface area contributed by atoms with Crippen LogP contribution in [0.3, 0.4) is 0 Å². The molecule has 2 N–H and O–H groups in total. The largest absolute Gasteiger partial charge is 0.379 e. The normalized spacial score (nSPS) is 17.8. The molecule has 1 aliphatic heterocycles. The van der Waals surface area contributed by atoms with Crippen LogP contribution < -0.4 is 10.6 Å². The van der Waals surface area contributed by atoms with Gasteiger partial charge in [-0.3, -0.25) is 9.89 Å². The lowest BCUT2D eigenvalue weighted by atomic mass is 10.2. The maximum Gasteiger partial charge on any atom is 0.191 e. The van der Waals surface area contributed by atoms with Crippen molar-refractivity contribution >= 4 is 27.1 Å². The number of nitrogens with one attached hydrogen (secondary N) is 2. The molecule has 1 aromatic heterocycles. The first-order chi connectivity index (χ1) is 12.6. The van der Waals surface area contributed by atoms with Crippen LogP contribution in [0, 0.1) is 0 Å². The molecule has 0 aliphatic carbocycles. The second-order valence-corrected chi connectivity index (χ2v) is 9.51. The van der Waals surface area contributed by atoms with Gasteiger partial charge in [-0.1, -0.05) is 13.0 Å². The SMILES string of the molecule is CCNC(=NCC(c1cccs1)N1CCOCC1)NCCS(=O)(=O)CC. The number of hydrogen-bond acceptors (Lipinski definition) is 6. The molecule has 2 rings (SSSR count). The smallest absolute Gasteiger partial charge is 0.191 e. The Morgan fingerprint density at radius 2 is 2.12 bits per heavy atom. The average Bonchev–Trinajstić information content (AvgIpc) is 3.17. The Bertz CT molecular complexity index is 641. The number of aliphatic imine (C=N–C) groups is 1. The number of guanidine groups is 1. The molecule has 1 fully saturated rings. The van der Waals surface area contributed by atoms with Crippen LogP contribution in [0.15, 0.2) is 22.5 Å². The van der Waals surface area contributed by atoms with Crippen molar-refractivity contribution in [2.24, 2.45) is 4.99 Å². The van der Waals surface area contributed by atoms with Crippen LogP contribution in [0.1, 0.15) is 24.8 Å². The second kappa shape index (κ2) is 10.9. The molecule has 1 aliphatic rings. The zero-order valence-electron chi connectivity index (χ0n) is 15.6. The lowest BCUT2D eigenvalue weighted by molar-refractivity contribution is 0.0186. The number of thiophene rings is 1. The van der Waals surface area contributed by atoms with Gasteiger partial charge in [-0.05, 0) is 18.4 Å². The molecule has 7 nitrogen and oxygen atoms in total. The van der Waals surface area contributed by atoms with Crippen LogP contribution in [0.5, 0.6) is 0 Å². The quantitative estimate of drug-likeness (QED) is 0.476. The Morgan fingerprint density at radius 1 is 1.35 bits per heavy atom. The van der Waals surface area contributed by atoms with E-state index in [4.69, 9.17) is 9.73 Å². The van der Waals surface area contributed by atoms with Crippen molar-refractivity contribution in [1.82, 2.24) is 15.5 Å². The van der Waals surface area contributed by atoms with Crippen molar-refractivity contribution in [3.05, 3.63) is 22.4 Å². The predicted molar refractivity (Wildman–Crippen MR) is 108 cm³/mol. The summed E-state index contributed by atoms with van der Waals surface area (Å²) in [6, 6.07) is 4.43. The Kier molecular flexibility index (Phi) is 8.83. The molecule has 0 aromatic carbocycles. The van der Waals surface area contributed by atoms with Gasteiger partial charge in [0.1, 0.15) is 0 Å². The number of morpholine rings is 1. The fourth-order valence-electron chi connectivity index (χ4n) is 2.74. The van der Waals surface area contributed by atoms with Gasteiger partial charge >= 0.3 is 0 Å². The summed E-state index contributed by atoms with van der Waals surface area (Å²) in [6.45, 7) is 8.68. The highest BCUT2D eigenvalue weighted by Gasteiger charge is 2.23. The molecule has 0 saturated carbocycles. The minimum Gasteiger partial charge on any atom is -0.379 e. The van der Waals surface area contributed by atoms with Crippen LogP contribution in [0.2, 0.25) is 0 Å². The molecule has 26 heavy (non-hydrogen) atoms. The van der Waals surface area contributed by atoms with E-state index in [1.807, 2.05) is 6.92 Å². The molecule has 1 saturated heterocycles. The summed E-state index contributed by atoms with van der Waals surface area (Å²) >= 11 is 1.74. The fraction of sp³-hybridized carbons (Fsp3) is 0.706. The van der Waals surface area contributed by atoms with E-state index in [9.17, 15) is 8.42 Å². The average molecular weight is 403 g/mol. The Balaban J connectivity index is 2.01. The predicted octanol–water partition coefficient (Wildman–Crippen LogP) is 1.11. The summed E-state index contributed by atoms with van der Waals surface area (Å²) in [5.41, 5.74) is 0. The van der Waals surface area contributed by atoms with E-state index in [0.717, 1.165) is 32.8 Å². The first-order valence-electron chi connectivity index (χ1n) is 9.13. The third-order valence-corrected chi connectivity index (χ3v) is 6.95. The van der Waals surface area contributed by atoms with Crippen LogP contribution in [-0.4, -0.2) is 76.7 Å². The minimum absolute atomic E-state index is 0.117. The number of nitrogens with zero attached hydrogens (tertiary/aromatic N) is 2. The van der Waals surface area contributed by atoms with Gasteiger partial charge in [-0.15, -0.1) is 11.3 Å². The lowest BCUT2D eigenvalue weighted by Crippen LogP contribution is -2.42. The molecular weight excluding hydrogens is 372 g/mol. The molecule has 2 heterocycles. The van der Waals surface area contributed by atoms with E-state index in [-0.39, 0.29) is 17.5 Å². The number of rotatable bonds is 9. The van der Waals surface area contributed by atoms with Gasteiger partial charge in [0, 0.05) is 36.8 Å². The molecule has 9 heteroatoms. The minimum atomic E-state index is -2.98. The van der Waals surface area contributed by atoms with Gasteiger partial charge in [0.15, 0.2) is 15.8 Å². The molecule has 148 valence electrons. The van der Waals surface area contributed by atoms with Crippen LogP contribution in [0.4, 0.5) is 0 Å². The number of ether oxygens (including phenoxy) is 1. The maximum atomic E-state index is 11.6. The molecule has 1 atom stereocenters. The second-order valence-electron chi connectivity index (χ2n) is 6.06. The van der Waals surface area contributed by atoms with Crippen molar-refractivity contribution in [2.45, 2.75) is 19.9 Å². The zero-order valence-corrected chi connectivity index (χ0v) is 17.2. The molecule has 0 bridgehead atoms. The third-order valence-electron chi connectivity index (χ3n) is 4.27. The number of hydrogen-bond donors (Lipinski definition) is 2. The first-order valence-corrected chi connectivity index (χ1v) is 11.8. The lowest BCUT2D eigenvalue weighted by Gasteiger charge is -2.33. The highest BCUT2D eigenvalue weighted by atomic mass is 32.2. The van der Waals surface area contributed by atoms with Gasteiger partial charge in [0.25, 0.3) is 0 Å². The Hall–Kier alpha value is -1.16. The van der Waals surface area contributed by atoms with Crippen molar-refractivity contribution in [1.29, 1.82) is 0 Å². The topological polar surface area (TPSA) is 83.0 Å². The Labute approximate surface area is 160 Å². The standard InChI is InChI=1S/C17H30N4O3S2/c1-3-18-17(19-7-13-26(22,23)4-2)20-14-15(16-6-5-12-25-16)21-8-10-24-11-9-21/h5-6,12,15H,3-4,7-11,13-14H2,1-2H3,(H2,18,19,20). The zero-order chi connectivity index (χ0) is 18.8. The van der Waals surface area contributed by atoms with Gasteiger partial charge in [-0.2, -0.15) is 0 Å². The van der Waals surface area contributed by atoms with E-state index < -0.39 is 9.84 Å².